The number of methoxy groups -OCH3 is 1. The fourth-order valence-electron chi connectivity index (χ4n) is 4.54. The van der Waals surface area contributed by atoms with Gasteiger partial charge in [-0.15, -0.1) is 0 Å². The Labute approximate surface area is 191 Å². The SMILES string of the molecule is CCNC(=NCC1(c2ccc(OC)cc2)CCOCC1)NCCc1ccc2c(c1)CCO2. The Kier molecular flexibility index (Phi) is 7.53. The predicted octanol–water partition coefficient (Wildman–Crippen LogP) is 3.48. The zero-order valence-corrected chi connectivity index (χ0v) is 19.3. The Morgan fingerprint density at radius 1 is 1.06 bits per heavy atom. The zero-order valence-electron chi connectivity index (χ0n) is 19.3. The van der Waals surface area contributed by atoms with Crippen molar-refractivity contribution in [1.82, 2.24) is 10.6 Å². The maximum absolute atomic E-state index is 5.68. The van der Waals surface area contributed by atoms with Crippen molar-refractivity contribution in [3.63, 3.8) is 0 Å². The third-order valence-electron chi connectivity index (χ3n) is 6.50. The van der Waals surface area contributed by atoms with Gasteiger partial charge in [0.05, 0.1) is 20.3 Å². The topological polar surface area (TPSA) is 64.1 Å². The molecule has 1 fully saturated rings. The van der Waals surface area contributed by atoms with Crippen LogP contribution in [0.5, 0.6) is 11.5 Å². The Balaban J connectivity index is 1.41. The molecular weight excluding hydrogens is 402 g/mol. The Bertz CT molecular complexity index is 905. The molecule has 1 saturated heterocycles. The number of rotatable bonds is 8. The molecule has 2 aliphatic heterocycles. The molecule has 2 heterocycles. The lowest BCUT2D eigenvalue weighted by Gasteiger charge is -2.36. The number of ether oxygens (including phenoxy) is 3. The van der Waals surface area contributed by atoms with Crippen molar-refractivity contribution in [3.8, 4) is 11.5 Å². The third kappa shape index (κ3) is 5.36. The largest absolute Gasteiger partial charge is 0.497 e. The first kappa shape index (κ1) is 22.5. The van der Waals surface area contributed by atoms with Gasteiger partial charge in [0.1, 0.15) is 11.5 Å². The summed E-state index contributed by atoms with van der Waals surface area (Å²) in [5.41, 5.74) is 3.95. The molecule has 0 saturated carbocycles. The Morgan fingerprint density at radius 2 is 1.88 bits per heavy atom. The molecule has 0 amide bonds. The summed E-state index contributed by atoms with van der Waals surface area (Å²) in [6.07, 6.45) is 3.91. The molecule has 0 radical (unpaired) electrons. The summed E-state index contributed by atoms with van der Waals surface area (Å²) < 4.78 is 16.6. The summed E-state index contributed by atoms with van der Waals surface area (Å²) in [5.74, 6) is 2.79. The molecule has 0 atom stereocenters. The monoisotopic (exact) mass is 437 g/mol. The van der Waals surface area contributed by atoms with Crippen LogP contribution in [0.25, 0.3) is 0 Å². The second kappa shape index (κ2) is 10.7. The predicted molar refractivity (Wildman–Crippen MR) is 128 cm³/mol. The number of guanidine groups is 1. The van der Waals surface area contributed by atoms with Crippen LogP contribution in [0.1, 0.15) is 36.5 Å². The lowest BCUT2D eigenvalue weighted by molar-refractivity contribution is 0.0531. The van der Waals surface area contributed by atoms with Crippen LogP contribution < -0.4 is 20.1 Å². The number of hydrogen-bond acceptors (Lipinski definition) is 4. The van der Waals surface area contributed by atoms with Gasteiger partial charge in [-0.05, 0) is 61.1 Å². The summed E-state index contributed by atoms with van der Waals surface area (Å²) in [4.78, 5) is 5.00. The number of hydrogen-bond donors (Lipinski definition) is 2. The van der Waals surface area contributed by atoms with E-state index < -0.39 is 0 Å². The van der Waals surface area contributed by atoms with Crippen LogP contribution in [-0.2, 0) is 23.0 Å². The molecule has 4 rings (SSSR count). The molecule has 0 bridgehead atoms. The summed E-state index contributed by atoms with van der Waals surface area (Å²) in [7, 11) is 1.70. The summed E-state index contributed by atoms with van der Waals surface area (Å²) in [6, 6.07) is 15.0. The maximum Gasteiger partial charge on any atom is 0.191 e. The second-order valence-corrected chi connectivity index (χ2v) is 8.53. The average molecular weight is 438 g/mol. The number of aliphatic imine (C=N–C) groups is 1. The molecule has 32 heavy (non-hydrogen) atoms. The number of nitrogens with zero attached hydrogens (tertiary/aromatic N) is 1. The highest BCUT2D eigenvalue weighted by molar-refractivity contribution is 5.79. The van der Waals surface area contributed by atoms with Gasteiger partial charge in [0.2, 0.25) is 0 Å². The van der Waals surface area contributed by atoms with Crippen LogP contribution in [0.3, 0.4) is 0 Å². The number of benzene rings is 2. The molecule has 0 spiro atoms. The third-order valence-corrected chi connectivity index (χ3v) is 6.50. The molecule has 2 aliphatic rings. The number of nitrogens with one attached hydrogen (secondary N) is 2. The van der Waals surface area contributed by atoms with Gasteiger partial charge in [-0.3, -0.25) is 4.99 Å². The van der Waals surface area contributed by atoms with Crippen LogP contribution in [-0.4, -0.2) is 52.5 Å². The lowest BCUT2D eigenvalue weighted by atomic mass is 9.74. The van der Waals surface area contributed by atoms with Gasteiger partial charge in [-0.1, -0.05) is 24.3 Å². The average Bonchev–Trinajstić information content (AvgIpc) is 3.31. The minimum Gasteiger partial charge on any atom is -0.497 e. The standard InChI is InChI=1S/C26H35N3O3/c1-3-27-25(28-14-10-20-4-9-24-21(18-20)11-15-32-24)29-19-26(12-16-31-17-13-26)22-5-7-23(30-2)8-6-22/h4-9,18H,3,10-17,19H2,1-2H3,(H2,27,28,29). The highest BCUT2D eigenvalue weighted by atomic mass is 16.5. The Morgan fingerprint density at radius 3 is 2.62 bits per heavy atom. The van der Waals surface area contributed by atoms with Crippen molar-refractivity contribution in [3.05, 3.63) is 59.2 Å². The van der Waals surface area contributed by atoms with E-state index in [4.69, 9.17) is 19.2 Å². The first-order chi connectivity index (χ1) is 15.7. The van der Waals surface area contributed by atoms with Crippen molar-refractivity contribution in [2.45, 2.75) is 38.0 Å². The van der Waals surface area contributed by atoms with E-state index in [2.05, 4.69) is 47.9 Å². The van der Waals surface area contributed by atoms with Crippen LogP contribution >= 0.6 is 0 Å². The van der Waals surface area contributed by atoms with Crippen LogP contribution in [0.4, 0.5) is 0 Å². The van der Waals surface area contributed by atoms with E-state index in [1.807, 2.05) is 12.1 Å². The molecule has 172 valence electrons. The minimum absolute atomic E-state index is 0.00709. The maximum atomic E-state index is 5.68. The molecule has 2 N–H and O–H groups in total. The van der Waals surface area contributed by atoms with Gasteiger partial charge in [0.25, 0.3) is 0 Å². The normalized spacial score (nSPS) is 17.4. The quantitative estimate of drug-likeness (QED) is 0.489. The molecule has 6 nitrogen and oxygen atoms in total. The van der Waals surface area contributed by atoms with Gasteiger partial charge < -0.3 is 24.8 Å². The van der Waals surface area contributed by atoms with E-state index in [9.17, 15) is 0 Å². The van der Waals surface area contributed by atoms with Crippen molar-refractivity contribution < 1.29 is 14.2 Å². The van der Waals surface area contributed by atoms with Gasteiger partial charge in [0, 0.05) is 38.1 Å². The molecule has 0 unspecified atom stereocenters. The highest BCUT2D eigenvalue weighted by Crippen LogP contribution is 2.36. The molecule has 2 aromatic rings. The van der Waals surface area contributed by atoms with Crippen molar-refractivity contribution in [2.24, 2.45) is 4.99 Å². The van der Waals surface area contributed by atoms with Gasteiger partial charge >= 0.3 is 0 Å². The highest BCUT2D eigenvalue weighted by Gasteiger charge is 2.34. The van der Waals surface area contributed by atoms with Gasteiger partial charge in [-0.25, -0.2) is 0 Å². The number of fused-ring (bicyclic) bond motifs is 1. The van der Waals surface area contributed by atoms with Crippen molar-refractivity contribution in [1.29, 1.82) is 0 Å². The first-order valence-corrected chi connectivity index (χ1v) is 11.7. The van der Waals surface area contributed by atoms with Gasteiger partial charge in [-0.2, -0.15) is 0 Å². The van der Waals surface area contributed by atoms with E-state index >= 15 is 0 Å². The summed E-state index contributed by atoms with van der Waals surface area (Å²) in [6.45, 7) is 6.85. The van der Waals surface area contributed by atoms with Crippen LogP contribution in [0.2, 0.25) is 0 Å². The fourth-order valence-corrected chi connectivity index (χ4v) is 4.54. The second-order valence-electron chi connectivity index (χ2n) is 8.53. The summed E-state index contributed by atoms with van der Waals surface area (Å²) in [5, 5.41) is 6.92. The van der Waals surface area contributed by atoms with Crippen LogP contribution in [0, 0.1) is 0 Å². The van der Waals surface area contributed by atoms with E-state index in [1.165, 1.54) is 16.7 Å². The van der Waals surface area contributed by atoms with Gasteiger partial charge in [0.15, 0.2) is 5.96 Å². The lowest BCUT2D eigenvalue weighted by Crippen LogP contribution is -2.41. The van der Waals surface area contributed by atoms with Crippen molar-refractivity contribution >= 4 is 5.96 Å². The van der Waals surface area contributed by atoms with E-state index in [0.717, 1.165) is 82.6 Å². The first-order valence-electron chi connectivity index (χ1n) is 11.7. The molecule has 0 aromatic heterocycles. The van der Waals surface area contributed by atoms with E-state index in [1.54, 1.807) is 7.11 Å². The zero-order chi connectivity index (χ0) is 22.2. The molecule has 6 heteroatoms. The summed E-state index contributed by atoms with van der Waals surface area (Å²) >= 11 is 0. The van der Waals surface area contributed by atoms with E-state index in [0.29, 0.717) is 0 Å². The van der Waals surface area contributed by atoms with Crippen LogP contribution in [0.15, 0.2) is 47.5 Å². The smallest absolute Gasteiger partial charge is 0.191 e. The Hall–Kier alpha value is -2.73. The minimum atomic E-state index is -0.00709. The van der Waals surface area contributed by atoms with Crippen molar-refractivity contribution in [2.75, 3.05) is 46.6 Å². The molecule has 0 aliphatic carbocycles. The molecular formula is C26H35N3O3. The molecule has 2 aromatic carbocycles. The van der Waals surface area contributed by atoms with E-state index in [-0.39, 0.29) is 5.41 Å². The fraction of sp³-hybridized carbons (Fsp3) is 0.500.